The normalized spacial score (nSPS) is 14.6. The van der Waals surface area contributed by atoms with Crippen molar-refractivity contribution in [3.05, 3.63) is 49.5 Å². The summed E-state index contributed by atoms with van der Waals surface area (Å²) in [5.74, 6) is 0. The maximum absolute atomic E-state index is 12.9. The van der Waals surface area contributed by atoms with Crippen LogP contribution in [0.4, 0.5) is 17.1 Å². The summed E-state index contributed by atoms with van der Waals surface area (Å²) in [7, 11) is -3.95. The minimum atomic E-state index is -3.95. The first-order valence-corrected chi connectivity index (χ1v) is 8.68. The zero-order chi connectivity index (χ0) is 17.1. The number of sulfone groups is 1. The molecule has 23 heavy (non-hydrogen) atoms. The Morgan fingerprint density at radius 3 is 2.43 bits per heavy atom. The van der Waals surface area contributed by atoms with E-state index in [1.807, 2.05) is 0 Å². The fourth-order valence-corrected chi connectivity index (χ4v) is 5.02. The summed E-state index contributed by atoms with van der Waals surface area (Å²) in [4.78, 5) is 10.4. The molecule has 0 spiro atoms. The van der Waals surface area contributed by atoms with Gasteiger partial charge in [-0.15, -0.1) is 0 Å². The molecule has 2 aromatic rings. The van der Waals surface area contributed by atoms with Gasteiger partial charge in [-0.25, -0.2) is 8.42 Å². The van der Waals surface area contributed by atoms with Crippen molar-refractivity contribution >= 4 is 50.1 Å². The predicted octanol–water partition coefficient (Wildman–Crippen LogP) is 4.41. The molecule has 3 rings (SSSR count). The van der Waals surface area contributed by atoms with E-state index in [1.165, 1.54) is 0 Å². The van der Waals surface area contributed by atoms with E-state index in [-0.39, 0.29) is 31.2 Å². The van der Waals surface area contributed by atoms with Gasteiger partial charge >= 0.3 is 5.69 Å². The molecule has 0 saturated heterocycles. The van der Waals surface area contributed by atoms with Crippen molar-refractivity contribution in [1.29, 1.82) is 0 Å². The van der Waals surface area contributed by atoms with E-state index in [0.717, 1.165) is 11.6 Å². The van der Waals surface area contributed by atoms with E-state index in [1.54, 1.807) is 26.0 Å². The van der Waals surface area contributed by atoms with Gasteiger partial charge < -0.3 is 5.32 Å². The second kappa shape index (κ2) is 5.09. The Labute approximate surface area is 142 Å². The maximum Gasteiger partial charge on any atom is 0.313 e. The van der Waals surface area contributed by atoms with Crippen molar-refractivity contribution in [3.63, 3.8) is 0 Å². The lowest BCUT2D eigenvalue weighted by atomic mass is 10.1. The van der Waals surface area contributed by atoms with Gasteiger partial charge in [0.15, 0.2) is 0 Å². The first-order valence-electron chi connectivity index (χ1n) is 6.44. The molecule has 1 heterocycles. The van der Waals surface area contributed by atoms with E-state index >= 15 is 0 Å². The Bertz CT molecular complexity index is 987. The van der Waals surface area contributed by atoms with Crippen LogP contribution in [-0.4, -0.2) is 13.3 Å². The fraction of sp³-hybridized carbons (Fsp3) is 0.143. The number of fused-ring (bicyclic) bond motifs is 2. The third-order valence-electron chi connectivity index (χ3n) is 3.58. The highest BCUT2D eigenvalue weighted by Crippen LogP contribution is 2.49. The number of nitro groups is 1. The lowest BCUT2D eigenvalue weighted by Crippen LogP contribution is -2.17. The zero-order valence-electron chi connectivity index (χ0n) is 12.0. The van der Waals surface area contributed by atoms with Gasteiger partial charge in [-0.2, -0.15) is 0 Å². The molecule has 1 aliphatic rings. The molecule has 2 aromatic carbocycles. The van der Waals surface area contributed by atoms with Gasteiger partial charge in [0.1, 0.15) is 15.6 Å². The first-order chi connectivity index (χ1) is 10.6. The summed E-state index contributed by atoms with van der Waals surface area (Å²) in [6.07, 6.45) is 0. The van der Waals surface area contributed by atoms with Gasteiger partial charge in [0.05, 0.1) is 20.5 Å². The Kier molecular flexibility index (Phi) is 3.55. The van der Waals surface area contributed by atoms with Crippen molar-refractivity contribution < 1.29 is 13.3 Å². The summed E-state index contributed by atoms with van der Waals surface area (Å²) < 4.78 is 25.8. The molecular formula is C14H10Cl2N2O4S. The molecule has 0 radical (unpaired) electrons. The number of nitro benzene ring substituents is 1. The number of hydrogen-bond donors (Lipinski definition) is 1. The molecule has 0 amide bonds. The maximum atomic E-state index is 12.9. The molecule has 0 aliphatic carbocycles. The quantitative estimate of drug-likeness (QED) is 0.504. The first kappa shape index (κ1) is 16.0. The van der Waals surface area contributed by atoms with Gasteiger partial charge in [0.25, 0.3) is 0 Å². The molecule has 0 unspecified atom stereocenters. The molecule has 120 valence electrons. The molecule has 6 nitrogen and oxygen atoms in total. The number of nitrogens with zero attached hydrogens (tertiary/aromatic N) is 1. The highest BCUT2D eigenvalue weighted by Gasteiger charge is 2.38. The Morgan fingerprint density at radius 1 is 1.17 bits per heavy atom. The van der Waals surface area contributed by atoms with Crippen LogP contribution in [0.2, 0.25) is 10.0 Å². The molecule has 9 heteroatoms. The van der Waals surface area contributed by atoms with Gasteiger partial charge in [-0.05, 0) is 37.1 Å². The van der Waals surface area contributed by atoms with Gasteiger partial charge in [0, 0.05) is 0 Å². The number of rotatable bonds is 1. The van der Waals surface area contributed by atoms with Crippen LogP contribution in [0.25, 0.3) is 0 Å². The van der Waals surface area contributed by atoms with Crippen LogP contribution in [0, 0.1) is 24.0 Å². The average Bonchev–Trinajstić information content (AvgIpc) is 2.39. The van der Waals surface area contributed by atoms with Crippen molar-refractivity contribution in [2.45, 2.75) is 23.6 Å². The topological polar surface area (TPSA) is 89.3 Å². The number of anilines is 2. The molecular weight excluding hydrogens is 363 g/mol. The van der Waals surface area contributed by atoms with Crippen LogP contribution in [0.15, 0.2) is 28.0 Å². The van der Waals surface area contributed by atoms with Crippen LogP contribution in [0.5, 0.6) is 0 Å². The minimum Gasteiger partial charge on any atom is -0.348 e. The van der Waals surface area contributed by atoms with Crippen LogP contribution >= 0.6 is 23.2 Å². The highest BCUT2D eigenvalue weighted by atomic mass is 35.5. The van der Waals surface area contributed by atoms with Crippen LogP contribution in [-0.2, 0) is 9.84 Å². The summed E-state index contributed by atoms with van der Waals surface area (Å²) in [5.41, 5.74) is 0.947. The van der Waals surface area contributed by atoms with Gasteiger partial charge in [-0.1, -0.05) is 29.3 Å². The summed E-state index contributed by atoms with van der Waals surface area (Å²) in [6, 6.07) is 4.49. The molecule has 1 aliphatic heterocycles. The smallest absolute Gasteiger partial charge is 0.313 e. The van der Waals surface area contributed by atoms with Crippen molar-refractivity contribution in [2.75, 3.05) is 5.32 Å². The standard InChI is InChI=1S/C14H10Cl2N2O4S/c1-6-3-7(2)14-9(4-6)17-12-10(23(14,21)22)5-8(15)11(16)13(12)18(19)20/h3-5,17H,1-2H3. The SMILES string of the molecule is Cc1cc(C)c2c(c1)Nc1c(cc(Cl)c(Cl)c1[N+](=O)[O-])S2(=O)=O. The number of halogens is 2. The molecule has 0 saturated carbocycles. The van der Waals surface area contributed by atoms with Gasteiger partial charge in [0.2, 0.25) is 9.84 Å². The number of aryl methyl sites for hydroxylation is 2. The Morgan fingerprint density at radius 2 is 1.83 bits per heavy atom. The van der Waals surface area contributed by atoms with Crippen LogP contribution in [0.1, 0.15) is 11.1 Å². The monoisotopic (exact) mass is 372 g/mol. The molecule has 1 N–H and O–H groups in total. The number of nitrogens with one attached hydrogen (secondary N) is 1. The predicted molar refractivity (Wildman–Crippen MR) is 87.8 cm³/mol. The third kappa shape index (κ3) is 2.27. The second-order valence-electron chi connectivity index (χ2n) is 5.24. The second-order valence-corrected chi connectivity index (χ2v) is 7.88. The Hall–Kier alpha value is -1.83. The van der Waals surface area contributed by atoms with E-state index < -0.39 is 20.4 Å². The summed E-state index contributed by atoms with van der Waals surface area (Å²) in [6.45, 7) is 3.47. The van der Waals surface area contributed by atoms with Crippen molar-refractivity contribution in [3.8, 4) is 0 Å². The molecule has 0 fully saturated rings. The van der Waals surface area contributed by atoms with E-state index in [9.17, 15) is 18.5 Å². The average molecular weight is 373 g/mol. The van der Waals surface area contributed by atoms with Crippen molar-refractivity contribution in [1.82, 2.24) is 0 Å². The van der Waals surface area contributed by atoms with Gasteiger partial charge in [-0.3, -0.25) is 10.1 Å². The van der Waals surface area contributed by atoms with Crippen molar-refractivity contribution in [2.24, 2.45) is 0 Å². The zero-order valence-corrected chi connectivity index (χ0v) is 14.3. The number of benzene rings is 2. The Balaban J connectivity index is 2.46. The van der Waals surface area contributed by atoms with Crippen LogP contribution < -0.4 is 5.32 Å². The molecule has 0 atom stereocenters. The largest absolute Gasteiger partial charge is 0.348 e. The summed E-state index contributed by atoms with van der Waals surface area (Å²) >= 11 is 11.8. The van der Waals surface area contributed by atoms with E-state index in [4.69, 9.17) is 23.2 Å². The lowest BCUT2D eigenvalue weighted by molar-refractivity contribution is -0.383. The fourth-order valence-electron chi connectivity index (χ4n) is 2.74. The highest BCUT2D eigenvalue weighted by molar-refractivity contribution is 7.92. The number of hydrogen-bond acceptors (Lipinski definition) is 5. The summed E-state index contributed by atoms with van der Waals surface area (Å²) in [5, 5.41) is 13.7. The van der Waals surface area contributed by atoms with E-state index in [0.29, 0.717) is 5.56 Å². The molecule has 0 aromatic heterocycles. The van der Waals surface area contributed by atoms with E-state index in [2.05, 4.69) is 5.32 Å². The van der Waals surface area contributed by atoms with Crippen LogP contribution in [0.3, 0.4) is 0 Å². The third-order valence-corrected chi connectivity index (χ3v) is 6.34. The lowest BCUT2D eigenvalue weighted by Gasteiger charge is -2.24. The molecule has 0 bridgehead atoms. The minimum absolute atomic E-state index is 0.0864.